The van der Waals surface area contributed by atoms with Crippen LogP contribution < -0.4 is 5.32 Å². The second-order valence-corrected chi connectivity index (χ2v) is 5.67. The number of anilines is 1. The third-order valence-electron chi connectivity index (χ3n) is 3.46. The van der Waals surface area contributed by atoms with Crippen LogP contribution in [-0.2, 0) is 0 Å². The molecule has 0 atom stereocenters. The molecule has 1 rings (SSSR count). The van der Waals surface area contributed by atoms with Gasteiger partial charge in [-0.05, 0) is 33.0 Å². The lowest BCUT2D eigenvalue weighted by molar-refractivity contribution is 0.303. The molecule has 20 heavy (non-hydrogen) atoms. The summed E-state index contributed by atoms with van der Waals surface area (Å²) < 4.78 is 0. The summed E-state index contributed by atoms with van der Waals surface area (Å²) in [6, 6.07) is 0. The van der Waals surface area contributed by atoms with E-state index in [1.807, 2.05) is 6.92 Å². The van der Waals surface area contributed by atoms with E-state index in [4.69, 9.17) is 11.6 Å². The number of halogens is 1. The van der Waals surface area contributed by atoms with Crippen molar-refractivity contribution < 1.29 is 0 Å². The van der Waals surface area contributed by atoms with E-state index in [1.54, 1.807) is 0 Å². The Morgan fingerprint density at radius 2 is 1.85 bits per heavy atom. The van der Waals surface area contributed by atoms with E-state index in [1.165, 1.54) is 0 Å². The van der Waals surface area contributed by atoms with Crippen LogP contribution in [0.25, 0.3) is 0 Å². The van der Waals surface area contributed by atoms with Crippen LogP contribution in [0.1, 0.15) is 51.4 Å². The Balaban J connectivity index is 2.59. The van der Waals surface area contributed by atoms with E-state index in [-0.39, 0.29) is 5.92 Å². The second-order valence-electron chi connectivity index (χ2n) is 5.31. The lowest BCUT2D eigenvalue weighted by Crippen LogP contribution is -2.25. The summed E-state index contributed by atoms with van der Waals surface area (Å²) in [5.41, 5.74) is 0.930. The van der Waals surface area contributed by atoms with E-state index in [2.05, 4.69) is 47.9 Å². The average molecular weight is 299 g/mol. The topological polar surface area (TPSA) is 41.0 Å². The van der Waals surface area contributed by atoms with E-state index in [9.17, 15) is 0 Å². The molecule has 1 aromatic rings. The third kappa shape index (κ3) is 4.91. The van der Waals surface area contributed by atoms with Crippen molar-refractivity contribution in [2.45, 2.75) is 47.0 Å². The Bertz CT molecular complexity index is 417. The molecular formula is C15H27ClN4. The van der Waals surface area contributed by atoms with E-state index < -0.39 is 0 Å². The molecular weight excluding hydrogens is 272 g/mol. The van der Waals surface area contributed by atoms with Gasteiger partial charge in [-0.2, -0.15) is 0 Å². The zero-order chi connectivity index (χ0) is 15.1. The average Bonchev–Trinajstić information content (AvgIpc) is 2.43. The Hall–Kier alpha value is -0.870. The molecule has 0 fully saturated rings. The van der Waals surface area contributed by atoms with Crippen molar-refractivity contribution in [2.24, 2.45) is 0 Å². The van der Waals surface area contributed by atoms with Crippen molar-refractivity contribution in [1.82, 2.24) is 14.9 Å². The van der Waals surface area contributed by atoms with Crippen LogP contribution >= 0.6 is 11.6 Å². The summed E-state index contributed by atoms with van der Waals surface area (Å²) in [5.74, 6) is 1.95. The monoisotopic (exact) mass is 298 g/mol. The first-order valence-electron chi connectivity index (χ1n) is 7.49. The molecule has 4 nitrogen and oxygen atoms in total. The van der Waals surface area contributed by atoms with Gasteiger partial charge >= 0.3 is 0 Å². The number of rotatable bonds is 8. The first kappa shape index (κ1) is 17.2. The summed E-state index contributed by atoms with van der Waals surface area (Å²) in [6.07, 6.45) is 1.10. The van der Waals surface area contributed by atoms with Gasteiger partial charge in [-0.1, -0.05) is 39.3 Å². The highest BCUT2D eigenvalue weighted by Gasteiger charge is 2.11. The van der Waals surface area contributed by atoms with E-state index >= 15 is 0 Å². The van der Waals surface area contributed by atoms with E-state index in [0.29, 0.717) is 5.15 Å². The van der Waals surface area contributed by atoms with Gasteiger partial charge in [0, 0.05) is 18.0 Å². The minimum atomic E-state index is 0.282. The number of aromatic nitrogens is 2. The van der Waals surface area contributed by atoms with Crippen LogP contribution in [0.3, 0.4) is 0 Å². The van der Waals surface area contributed by atoms with Crippen LogP contribution in [0.15, 0.2) is 0 Å². The molecule has 1 N–H and O–H groups in total. The molecule has 0 unspecified atom stereocenters. The molecule has 1 aromatic heterocycles. The fourth-order valence-corrected chi connectivity index (χ4v) is 2.16. The van der Waals surface area contributed by atoms with Gasteiger partial charge in [-0.3, -0.25) is 0 Å². The highest BCUT2D eigenvalue weighted by atomic mass is 35.5. The minimum absolute atomic E-state index is 0.282. The van der Waals surface area contributed by atoms with Crippen molar-refractivity contribution in [3.8, 4) is 0 Å². The molecule has 5 heteroatoms. The summed E-state index contributed by atoms with van der Waals surface area (Å²) >= 11 is 6.17. The molecule has 1 heterocycles. The minimum Gasteiger partial charge on any atom is -0.370 e. The van der Waals surface area contributed by atoms with Crippen LogP contribution in [0.4, 0.5) is 5.82 Å². The van der Waals surface area contributed by atoms with Crippen LogP contribution in [0.5, 0.6) is 0 Å². The van der Waals surface area contributed by atoms with Gasteiger partial charge in [0.2, 0.25) is 0 Å². The summed E-state index contributed by atoms with van der Waals surface area (Å²) in [5, 5.41) is 3.94. The maximum Gasteiger partial charge on any atom is 0.137 e. The van der Waals surface area contributed by atoms with Crippen LogP contribution in [0.2, 0.25) is 5.15 Å². The lowest BCUT2D eigenvalue weighted by Gasteiger charge is -2.18. The fourth-order valence-electron chi connectivity index (χ4n) is 1.99. The van der Waals surface area contributed by atoms with Crippen LogP contribution in [0, 0.1) is 6.92 Å². The summed E-state index contributed by atoms with van der Waals surface area (Å²) in [7, 11) is 0. The van der Waals surface area contributed by atoms with Gasteiger partial charge in [-0.15, -0.1) is 0 Å². The van der Waals surface area contributed by atoms with Crippen molar-refractivity contribution in [2.75, 3.05) is 31.5 Å². The van der Waals surface area contributed by atoms with Crippen molar-refractivity contribution in [1.29, 1.82) is 0 Å². The lowest BCUT2D eigenvalue weighted by atomic mass is 10.2. The number of hydrogen-bond donors (Lipinski definition) is 1. The van der Waals surface area contributed by atoms with Gasteiger partial charge in [0.25, 0.3) is 0 Å². The summed E-state index contributed by atoms with van der Waals surface area (Å²) in [4.78, 5) is 11.3. The molecule has 0 spiro atoms. The van der Waals surface area contributed by atoms with Gasteiger partial charge in [0.1, 0.15) is 16.8 Å². The molecule has 0 saturated heterocycles. The first-order chi connectivity index (χ1) is 9.49. The van der Waals surface area contributed by atoms with Crippen molar-refractivity contribution in [3.05, 3.63) is 16.5 Å². The molecule has 0 aromatic carbocycles. The predicted molar refractivity (Wildman–Crippen MR) is 86.8 cm³/mol. The van der Waals surface area contributed by atoms with Gasteiger partial charge < -0.3 is 10.2 Å². The Labute approximate surface area is 127 Å². The maximum absolute atomic E-state index is 6.17. The molecule has 0 aliphatic heterocycles. The molecule has 114 valence electrons. The normalized spacial score (nSPS) is 11.4. The Kier molecular flexibility index (Phi) is 7.24. The maximum atomic E-state index is 6.17. The molecule has 0 aliphatic rings. The highest BCUT2D eigenvalue weighted by Crippen LogP contribution is 2.22. The fraction of sp³-hybridized carbons (Fsp3) is 0.733. The number of hydrogen-bond acceptors (Lipinski definition) is 4. The predicted octanol–water partition coefficient (Wildman–Crippen LogP) is 3.71. The molecule has 0 radical (unpaired) electrons. The second kappa shape index (κ2) is 8.42. The van der Waals surface area contributed by atoms with Gasteiger partial charge in [0.05, 0.1) is 0 Å². The molecule has 0 bridgehead atoms. The van der Waals surface area contributed by atoms with E-state index in [0.717, 1.165) is 49.8 Å². The van der Waals surface area contributed by atoms with Crippen molar-refractivity contribution >= 4 is 17.4 Å². The zero-order valence-electron chi connectivity index (χ0n) is 13.3. The largest absolute Gasteiger partial charge is 0.370 e. The number of nitrogens with one attached hydrogen (secondary N) is 1. The quantitative estimate of drug-likeness (QED) is 0.587. The standard InChI is InChI=1S/C15H27ClN4/c1-6-20(7-2)10-8-9-17-15-12(5)13(16)18-14(19-15)11(3)4/h11H,6-10H2,1-5H3,(H,17,18,19). The third-order valence-corrected chi connectivity index (χ3v) is 3.83. The Morgan fingerprint density at radius 3 is 2.40 bits per heavy atom. The highest BCUT2D eigenvalue weighted by molar-refractivity contribution is 6.30. The SMILES string of the molecule is CCN(CC)CCCNc1nc(C(C)C)nc(Cl)c1C. The number of nitrogens with zero attached hydrogens (tertiary/aromatic N) is 3. The zero-order valence-corrected chi connectivity index (χ0v) is 14.1. The van der Waals surface area contributed by atoms with Gasteiger partial charge in [0.15, 0.2) is 0 Å². The molecule has 0 aliphatic carbocycles. The molecule has 0 saturated carbocycles. The van der Waals surface area contributed by atoms with Gasteiger partial charge in [-0.25, -0.2) is 9.97 Å². The van der Waals surface area contributed by atoms with Crippen LogP contribution in [-0.4, -0.2) is 41.0 Å². The Morgan fingerprint density at radius 1 is 1.20 bits per heavy atom. The van der Waals surface area contributed by atoms with Crippen molar-refractivity contribution in [3.63, 3.8) is 0 Å². The smallest absolute Gasteiger partial charge is 0.137 e. The molecule has 0 amide bonds. The summed E-state index contributed by atoms with van der Waals surface area (Å²) in [6.45, 7) is 14.7. The first-order valence-corrected chi connectivity index (χ1v) is 7.87.